The third-order valence-corrected chi connectivity index (χ3v) is 10.0. The van der Waals surface area contributed by atoms with Gasteiger partial charge in [-0.05, 0) is 53.6 Å². The van der Waals surface area contributed by atoms with Crippen molar-refractivity contribution in [2.45, 2.75) is 78.1 Å². The van der Waals surface area contributed by atoms with Gasteiger partial charge in [-0.15, -0.1) is 0 Å². The largest absolute Gasteiger partial charge is 0.472 e. The Morgan fingerprint density at radius 1 is 1.07 bits per heavy atom. The van der Waals surface area contributed by atoms with Crippen molar-refractivity contribution in [3.05, 3.63) is 48.0 Å². The molecule has 1 aromatic heterocycles. The minimum absolute atomic E-state index is 0.0492. The predicted octanol–water partition coefficient (Wildman–Crippen LogP) is 4.43. The molecule has 1 heterocycles. The summed E-state index contributed by atoms with van der Waals surface area (Å²) >= 11 is 0. The van der Waals surface area contributed by atoms with Crippen LogP contribution < -0.4 is 0 Å². The topological polar surface area (TPSA) is 73.8 Å². The number of allylic oxidation sites excluding steroid dienone is 2. The van der Waals surface area contributed by atoms with Crippen molar-refractivity contribution in [1.29, 1.82) is 0 Å². The zero-order valence-electron chi connectivity index (χ0n) is 18.8. The smallest absolute Gasteiger partial charge is 0.0937 e. The zero-order chi connectivity index (χ0) is 21.7. The molecule has 0 aliphatic heterocycles. The molecule has 164 valence electrons. The molecular formula is C26H36O4. The highest BCUT2D eigenvalue weighted by Crippen LogP contribution is 2.72. The number of hydrogen-bond donors (Lipinski definition) is 3. The highest BCUT2D eigenvalue weighted by atomic mass is 16.3. The van der Waals surface area contributed by atoms with Gasteiger partial charge in [-0.1, -0.05) is 58.4 Å². The first-order valence-electron chi connectivity index (χ1n) is 11.5. The third kappa shape index (κ3) is 2.23. The van der Waals surface area contributed by atoms with Gasteiger partial charge in [-0.25, -0.2) is 0 Å². The lowest BCUT2D eigenvalue weighted by Crippen LogP contribution is -2.69. The van der Waals surface area contributed by atoms with Crippen molar-refractivity contribution in [2.75, 3.05) is 0 Å². The highest BCUT2D eigenvalue weighted by Gasteiger charge is 2.70. The quantitative estimate of drug-likeness (QED) is 0.597. The maximum Gasteiger partial charge on any atom is 0.0937 e. The van der Waals surface area contributed by atoms with E-state index in [2.05, 4.69) is 39.0 Å². The minimum Gasteiger partial charge on any atom is -0.472 e. The maximum absolute atomic E-state index is 11.7. The van der Waals surface area contributed by atoms with Crippen LogP contribution in [0, 0.1) is 33.5 Å². The Balaban J connectivity index is 1.63. The monoisotopic (exact) mass is 412 g/mol. The summed E-state index contributed by atoms with van der Waals surface area (Å²) in [6.07, 6.45) is 10.6. The third-order valence-electron chi connectivity index (χ3n) is 10.0. The fourth-order valence-corrected chi connectivity index (χ4v) is 8.61. The molecule has 4 aliphatic rings. The first kappa shape index (κ1) is 20.5. The average molecular weight is 413 g/mol. The number of hydrogen-bond acceptors (Lipinski definition) is 4. The molecule has 2 fully saturated rings. The zero-order valence-corrected chi connectivity index (χ0v) is 18.8. The second kappa shape index (κ2) is 6.11. The molecule has 1 aromatic rings. The molecular weight excluding hydrogens is 376 g/mol. The Labute approximate surface area is 179 Å². The lowest BCUT2D eigenvalue weighted by molar-refractivity contribution is -0.228. The summed E-state index contributed by atoms with van der Waals surface area (Å²) in [6, 6.07) is 2.07. The Morgan fingerprint density at radius 3 is 2.47 bits per heavy atom. The van der Waals surface area contributed by atoms with E-state index in [-0.39, 0.29) is 22.7 Å². The van der Waals surface area contributed by atoms with E-state index in [1.54, 1.807) is 6.26 Å². The summed E-state index contributed by atoms with van der Waals surface area (Å²) in [6.45, 7) is 10.8. The Hall–Kier alpha value is -1.36. The molecule has 4 nitrogen and oxygen atoms in total. The molecule has 2 saturated carbocycles. The van der Waals surface area contributed by atoms with Crippen LogP contribution >= 0.6 is 0 Å². The SMILES string of the molecule is CC1(C)C(O)C=C[C@]2(C)[C@H]3CC[C@]4(C)C(=CC[C@H]4c4ccoc4)[C@]3(C)[C@H](O)[C@H](O)[C@@H]12. The minimum atomic E-state index is -0.887. The molecule has 5 rings (SSSR count). The van der Waals surface area contributed by atoms with Crippen LogP contribution in [-0.2, 0) is 0 Å². The van der Waals surface area contributed by atoms with Crippen LogP contribution in [0.1, 0.15) is 65.4 Å². The summed E-state index contributed by atoms with van der Waals surface area (Å²) in [7, 11) is 0. The van der Waals surface area contributed by atoms with Gasteiger partial charge >= 0.3 is 0 Å². The number of furan rings is 1. The Morgan fingerprint density at radius 2 is 1.80 bits per heavy atom. The Bertz CT molecular complexity index is 898. The molecule has 9 atom stereocenters. The number of fused-ring (bicyclic) bond motifs is 5. The normalized spacial score (nSPS) is 51.7. The van der Waals surface area contributed by atoms with Gasteiger partial charge in [-0.3, -0.25) is 0 Å². The van der Waals surface area contributed by atoms with Crippen molar-refractivity contribution < 1.29 is 19.7 Å². The van der Waals surface area contributed by atoms with E-state index >= 15 is 0 Å². The van der Waals surface area contributed by atoms with Crippen LogP contribution in [0.25, 0.3) is 0 Å². The van der Waals surface area contributed by atoms with Crippen LogP contribution in [0.4, 0.5) is 0 Å². The van der Waals surface area contributed by atoms with E-state index in [9.17, 15) is 15.3 Å². The molecule has 0 aromatic carbocycles. The van der Waals surface area contributed by atoms with Gasteiger partial charge in [0.1, 0.15) is 0 Å². The number of aliphatic hydroxyl groups is 3. The molecule has 1 unspecified atom stereocenters. The standard InChI is InChI=1S/C26H36O4/c1-23(2)19(27)9-12-25(4)18-8-11-24(3)16(15-10-13-30-14-15)6-7-17(24)26(18,5)22(29)20(28)21(23)25/h7,9-10,12-14,16,18-22,27-29H,6,8,11H2,1-5H3/t16-,18+,19?,20+,21-,22+,24-,25+,26-/m0/s1. The van der Waals surface area contributed by atoms with Crippen molar-refractivity contribution in [3.8, 4) is 0 Å². The molecule has 0 amide bonds. The number of rotatable bonds is 1. The van der Waals surface area contributed by atoms with Gasteiger partial charge in [0.25, 0.3) is 0 Å². The highest BCUT2D eigenvalue weighted by molar-refractivity contribution is 5.42. The molecule has 4 aliphatic carbocycles. The second-order valence-corrected chi connectivity index (χ2v) is 11.7. The lowest BCUT2D eigenvalue weighted by Gasteiger charge is -2.68. The average Bonchev–Trinajstić information content (AvgIpc) is 3.31. The van der Waals surface area contributed by atoms with Gasteiger partial charge in [0.2, 0.25) is 0 Å². The maximum atomic E-state index is 11.7. The first-order chi connectivity index (χ1) is 14.0. The van der Waals surface area contributed by atoms with Crippen LogP contribution in [0.3, 0.4) is 0 Å². The van der Waals surface area contributed by atoms with Gasteiger partial charge < -0.3 is 19.7 Å². The van der Waals surface area contributed by atoms with Crippen LogP contribution in [-0.4, -0.2) is 33.6 Å². The molecule has 0 bridgehead atoms. The van der Waals surface area contributed by atoms with E-state index in [1.807, 2.05) is 26.2 Å². The molecule has 4 heteroatoms. The summed E-state index contributed by atoms with van der Waals surface area (Å²) in [5, 5.41) is 33.9. The number of aliphatic hydroxyl groups excluding tert-OH is 3. The fraction of sp³-hybridized carbons (Fsp3) is 0.692. The summed E-state index contributed by atoms with van der Waals surface area (Å²) < 4.78 is 5.40. The van der Waals surface area contributed by atoms with Crippen molar-refractivity contribution in [2.24, 2.45) is 33.5 Å². The summed E-state index contributed by atoms with van der Waals surface area (Å²) in [5.74, 6) is 0.354. The van der Waals surface area contributed by atoms with Crippen LogP contribution in [0.2, 0.25) is 0 Å². The van der Waals surface area contributed by atoms with Gasteiger partial charge in [0.05, 0.1) is 30.8 Å². The van der Waals surface area contributed by atoms with E-state index in [1.165, 1.54) is 11.1 Å². The summed E-state index contributed by atoms with van der Waals surface area (Å²) in [4.78, 5) is 0. The van der Waals surface area contributed by atoms with E-state index in [0.717, 1.165) is 19.3 Å². The summed E-state index contributed by atoms with van der Waals surface area (Å²) in [5.41, 5.74) is 1.19. The van der Waals surface area contributed by atoms with E-state index in [0.29, 0.717) is 5.92 Å². The van der Waals surface area contributed by atoms with Gasteiger partial charge in [0.15, 0.2) is 0 Å². The van der Waals surface area contributed by atoms with E-state index < -0.39 is 29.1 Å². The predicted molar refractivity (Wildman–Crippen MR) is 116 cm³/mol. The molecule has 0 radical (unpaired) electrons. The second-order valence-electron chi connectivity index (χ2n) is 11.7. The fourth-order valence-electron chi connectivity index (χ4n) is 8.61. The van der Waals surface area contributed by atoms with Crippen molar-refractivity contribution in [3.63, 3.8) is 0 Å². The molecule has 0 saturated heterocycles. The van der Waals surface area contributed by atoms with E-state index in [4.69, 9.17) is 4.42 Å². The van der Waals surface area contributed by atoms with Gasteiger partial charge in [-0.2, -0.15) is 0 Å². The lowest BCUT2D eigenvalue weighted by atomic mass is 9.37. The van der Waals surface area contributed by atoms with Crippen LogP contribution in [0.15, 0.2) is 46.8 Å². The van der Waals surface area contributed by atoms with Crippen molar-refractivity contribution in [1.82, 2.24) is 0 Å². The molecule has 30 heavy (non-hydrogen) atoms. The first-order valence-corrected chi connectivity index (χ1v) is 11.5. The Kier molecular flexibility index (Phi) is 4.19. The van der Waals surface area contributed by atoms with Crippen molar-refractivity contribution >= 4 is 0 Å². The molecule has 0 spiro atoms. The van der Waals surface area contributed by atoms with Gasteiger partial charge in [0, 0.05) is 16.7 Å². The molecule has 3 N–H and O–H groups in total. The van der Waals surface area contributed by atoms with Crippen LogP contribution in [0.5, 0.6) is 0 Å².